The lowest BCUT2D eigenvalue weighted by atomic mass is 9.87. The van der Waals surface area contributed by atoms with Crippen LogP contribution in [0.25, 0.3) is 82.2 Å². The molecule has 0 heterocycles. The summed E-state index contributed by atoms with van der Waals surface area (Å²) in [5, 5.41) is 14.5. The molecule has 0 saturated heterocycles. The fraction of sp³-hybridized carbons (Fsp3) is 0.0769. The molecule has 0 aliphatic carbocycles. The summed E-state index contributed by atoms with van der Waals surface area (Å²) < 4.78 is 0. The average Bonchev–Trinajstić information content (AvgIpc) is 3.71. The maximum Gasteiger partial charge on any atom is 0.0540 e. The Labute approximate surface area is 310 Å². The van der Waals surface area contributed by atoms with Crippen LogP contribution >= 0.6 is 0 Å². The summed E-state index contributed by atoms with van der Waals surface area (Å²) in [5.74, 6) is 0. The van der Waals surface area contributed by atoms with Gasteiger partial charge in [0, 0.05) is 16.8 Å². The van der Waals surface area contributed by atoms with Gasteiger partial charge in [0.25, 0.3) is 0 Å². The molecule has 53 heavy (non-hydrogen) atoms. The number of hydrogen-bond acceptors (Lipinski definition) is 1. The minimum absolute atomic E-state index is 1.15. The van der Waals surface area contributed by atoms with Crippen LogP contribution in [0.1, 0.15) is 23.6 Å². The number of rotatable bonds is 5. The third-order valence-electron chi connectivity index (χ3n) is 11.4. The van der Waals surface area contributed by atoms with E-state index in [1.165, 1.54) is 104 Å². The molecular formula is C52H39N. The van der Waals surface area contributed by atoms with Gasteiger partial charge in [0.1, 0.15) is 0 Å². The molecule has 0 aliphatic heterocycles. The Morgan fingerprint density at radius 1 is 0.377 bits per heavy atom. The summed E-state index contributed by atoms with van der Waals surface area (Å²) in [5.41, 5.74) is 12.4. The van der Waals surface area contributed by atoms with Crippen molar-refractivity contribution >= 4 is 77.0 Å². The molecular weight excluding hydrogens is 639 g/mol. The third kappa shape index (κ3) is 4.64. The molecule has 252 valence electrons. The van der Waals surface area contributed by atoms with Gasteiger partial charge in [-0.1, -0.05) is 145 Å². The minimum Gasteiger partial charge on any atom is -0.310 e. The van der Waals surface area contributed by atoms with Gasteiger partial charge in [0.05, 0.1) is 5.69 Å². The van der Waals surface area contributed by atoms with E-state index in [9.17, 15) is 0 Å². The summed E-state index contributed by atoms with van der Waals surface area (Å²) >= 11 is 0. The molecule has 1 heteroatoms. The van der Waals surface area contributed by atoms with Gasteiger partial charge in [-0.25, -0.2) is 0 Å². The van der Waals surface area contributed by atoms with Crippen molar-refractivity contribution in [1.82, 2.24) is 0 Å². The fourth-order valence-corrected chi connectivity index (χ4v) is 9.08. The van der Waals surface area contributed by atoms with E-state index in [4.69, 9.17) is 0 Å². The van der Waals surface area contributed by atoms with Crippen LogP contribution in [0.2, 0.25) is 0 Å². The molecule has 0 aliphatic rings. The third-order valence-corrected chi connectivity index (χ3v) is 11.4. The van der Waals surface area contributed by atoms with Crippen molar-refractivity contribution < 1.29 is 0 Å². The number of hydrogen-bond donors (Lipinski definition) is 0. The van der Waals surface area contributed by atoms with Crippen LogP contribution in [0, 0.1) is 20.8 Å². The van der Waals surface area contributed by atoms with E-state index in [-0.39, 0.29) is 0 Å². The molecule has 10 rings (SSSR count). The van der Waals surface area contributed by atoms with Crippen LogP contribution in [-0.4, -0.2) is 0 Å². The number of anilines is 3. The van der Waals surface area contributed by atoms with Crippen LogP contribution < -0.4 is 10.1 Å². The average molecular weight is 678 g/mol. The zero-order valence-electron chi connectivity index (χ0n) is 30.5. The normalized spacial score (nSPS) is 12.3. The van der Waals surface area contributed by atoms with Gasteiger partial charge in [-0.15, -0.1) is 0 Å². The Morgan fingerprint density at radius 3 is 1.42 bits per heavy atom. The van der Waals surface area contributed by atoms with E-state index in [1.807, 2.05) is 0 Å². The van der Waals surface area contributed by atoms with Crippen molar-refractivity contribution in [1.29, 1.82) is 0 Å². The zero-order chi connectivity index (χ0) is 35.8. The molecule has 10 aromatic carbocycles. The van der Waals surface area contributed by atoms with E-state index in [1.54, 1.807) is 0 Å². The van der Waals surface area contributed by atoms with Crippen LogP contribution in [0.15, 0.2) is 158 Å². The highest BCUT2D eigenvalue weighted by Gasteiger charge is 2.28. The van der Waals surface area contributed by atoms with Gasteiger partial charge >= 0.3 is 0 Å². The van der Waals surface area contributed by atoms with Gasteiger partial charge in [-0.05, 0) is 140 Å². The van der Waals surface area contributed by atoms with Gasteiger partial charge in [0.15, 0.2) is 0 Å². The lowest BCUT2D eigenvalue weighted by Gasteiger charge is -2.27. The Morgan fingerprint density at radius 2 is 0.849 bits per heavy atom. The minimum atomic E-state index is 1.15. The lowest BCUT2D eigenvalue weighted by Crippen LogP contribution is -2.10. The van der Waals surface area contributed by atoms with Crippen molar-refractivity contribution in [2.24, 2.45) is 0 Å². The first kappa shape index (κ1) is 31.3. The number of aryl methyl sites for hydroxylation is 3. The highest BCUT2D eigenvalue weighted by molar-refractivity contribution is 6.43. The molecule has 0 radical (unpaired) electrons. The predicted molar refractivity (Wildman–Crippen MR) is 230 cm³/mol. The maximum atomic E-state index is 2.43. The molecule has 0 atom stereocenters. The van der Waals surface area contributed by atoms with Gasteiger partial charge in [-0.2, -0.15) is 0 Å². The molecule has 0 fully saturated rings. The van der Waals surface area contributed by atoms with Gasteiger partial charge in [-0.3, -0.25) is 0 Å². The molecule has 1 nitrogen and oxygen atoms in total. The summed E-state index contributed by atoms with van der Waals surface area (Å²) in [4.78, 5) is 2.43. The van der Waals surface area contributed by atoms with Crippen molar-refractivity contribution in [3.63, 3.8) is 0 Å². The first-order valence-corrected chi connectivity index (χ1v) is 18.6. The quantitative estimate of drug-likeness (QED) is 0.175. The van der Waals surface area contributed by atoms with Crippen molar-refractivity contribution in [2.45, 2.75) is 27.7 Å². The Bertz CT molecular complexity index is 3000. The molecule has 0 unspecified atom stereocenters. The standard InChI is InChI=1S/C52H39N/c1-5-39-45-34(4)14-12-20-41(45)50-47(36-17-10-7-11-18-36)52-43-30-31-44(53(37-26-22-32(2)23-27-37)38-28-24-33(3)25-29-38)40-19-13-21-42(48(40)43)51(52)46(49(39)50)35-15-8-6-9-16-35/h5-31H,1-4H3/b39-5+. The summed E-state index contributed by atoms with van der Waals surface area (Å²) in [6, 6.07) is 58.6. The summed E-state index contributed by atoms with van der Waals surface area (Å²) in [7, 11) is 0. The molecule has 0 N–H and O–H groups in total. The molecule has 10 aromatic rings. The lowest BCUT2D eigenvalue weighted by molar-refractivity contribution is 1.28. The molecule has 0 bridgehead atoms. The molecule has 0 aromatic heterocycles. The van der Waals surface area contributed by atoms with E-state index in [0.717, 1.165) is 11.4 Å². The fourth-order valence-electron chi connectivity index (χ4n) is 9.08. The maximum absolute atomic E-state index is 2.43. The smallest absolute Gasteiger partial charge is 0.0540 e. The Hall–Kier alpha value is -6.44. The zero-order valence-corrected chi connectivity index (χ0v) is 30.5. The van der Waals surface area contributed by atoms with Crippen LogP contribution in [0.5, 0.6) is 0 Å². The highest BCUT2D eigenvalue weighted by Crippen LogP contribution is 2.54. The highest BCUT2D eigenvalue weighted by atomic mass is 15.1. The summed E-state index contributed by atoms with van der Waals surface area (Å²) in [6.07, 6.45) is 2.34. The SMILES string of the molecule is C/C=c1\c2c(C)cccc2c2c(-c3ccccc3)c3c4ccc(N(c5ccc(C)cc5)c5ccc(C)cc5)c5cccc(c3c(-c3ccccc3)c12)c54. The second-order valence-corrected chi connectivity index (χ2v) is 14.5. The second kappa shape index (κ2) is 12.1. The number of benzene rings is 8. The number of nitrogens with zero attached hydrogens (tertiary/aromatic N) is 1. The monoisotopic (exact) mass is 677 g/mol. The van der Waals surface area contributed by atoms with Crippen LogP contribution in [0.4, 0.5) is 17.1 Å². The van der Waals surface area contributed by atoms with Crippen molar-refractivity contribution in [2.75, 3.05) is 4.90 Å². The first-order valence-electron chi connectivity index (χ1n) is 18.6. The molecule has 0 saturated carbocycles. The Kier molecular flexibility index (Phi) is 7.13. The van der Waals surface area contributed by atoms with E-state index < -0.39 is 0 Å². The topological polar surface area (TPSA) is 3.24 Å². The van der Waals surface area contributed by atoms with Crippen molar-refractivity contribution in [3.05, 3.63) is 180 Å². The van der Waals surface area contributed by atoms with E-state index in [2.05, 4.69) is 196 Å². The predicted octanol–water partition coefficient (Wildman–Crippen LogP) is 14.1. The largest absolute Gasteiger partial charge is 0.310 e. The van der Waals surface area contributed by atoms with E-state index in [0.29, 0.717) is 0 Å². The Balaban J connectivity index is 1.45. The van der Waals surface area contributed by atoms with Crippen LogP contribution in [0.3, 0.4) is 0 Å². The molecule has 0 spiro atoms. The summed E-state index contributed by atoms with van der Waals surface area (Å²) in [6.45, 7) is 8.77. The second-order valence-electron chi connectivity index (χ2n) is 14.5. The number of fused-ring (bicyclic) bond motifs is 6. The van der Waals surface area contributed by atoms with E-state index >= 15 is 0 Å². The van der Waals surface area contributed by atoms with Gasteiger partial charge < -0.3 is 4.90 Å². The first-order chi connectivity index (χ1) is 26.0. The van der Waals surface area contributed by atoms with Gasteiger partial charge in [0.2, 0.25) is 0 Å². The molecule has 0 amide bonds. The van der Waals surface area contributed by atoms with Crippen LogP contribution in [-0.2, 0) is 0 Å². The van der Waals surface area contributed by atoms with Crippen molar-refractivity contribution in [3.8, 4) is 22.3 Å².